The number of anilines is 1. The molecule has 27 heavy (non-hydrogen) atoms. The molecule has 0 bridgehead atoms. The zero-order valence-electron chi connectivity index (χ0n) is 14.6. The van der Waals surface area contributed by atoms with E-state index < -0.39 is 11.9 Å². The fraction of sp³-hybridized carbons (Fsp3) is 0.200. The summed E-state index contributed by atoms with van der Waals surface area (Å²) in [6.45, 7) is 2.02. The molecule has 2 aromatic carbocycles. The van der Waals surface area contributed by atoms with Gasteiger partial charge >= 0.3 is 11.9 Å². The van der Waals surface area contributed by atoms with Crippen LogP contribution in [0.25, 0.3) is 10.9 Å². The first kappa shape index (κ1) is 17.4. The molecule has 0 radical (unpaired) electrons. The summed E-state index contributed by atoms with van der Waals surface area (Å²) in [5.74, 6) is -1.39. The first-order chi connectivity index (χ1) is 12.9. The van der Waals surface area contributed by atoms with Crippen molar-refractivity contribution in [3.8, 4) is 11.5 Å². The number of ether oxygens (including phenoxy) is 1. The standard InChI is InChI=1S/C20H17ClN2O4/c1-10-9-22-16-6-5-11(7-14(10)16)27-18-13-4-2-3-12(13)17(8-15(18)21)23-19(24)20(25)26/h5-9,22H,2-4H2,1H3,(H,23,24)(H,25,26). The molecule has 6 nitrogen and oxygen atoms in total. The smallest absolute Gasteiger partial charge is 0.394 e. The molecule has 1 aliphatic rings. The van der Waals surface area contributed by atoms with Gasteiger partial charge in [-0.15, -0.1) is 0 Å². The number of H-pyrrole nitrogens is 1. The number of carboxylic acid groups (broad SMARTS) is 1. The van der Waals surface area contributed by atoms with Crippen molar-refractivity contribution in [2.75, 3.05) is 5.32 Å². The highest BCUT2D eigenvalue weighted by Gasteiger charge is 2.25. The number of hydrogen-bond donors (Lipinski definition) is 3. The van der Waals surface area contributed by atoms with Crippen molar-refractivity contribution in [2.45, 2.75) is 26.2 Å². The molecule has 1 aliphatic carbocycles. The molecule has 0 spiro atoms. The highest BCUT2D eigenvalue weighted by molar-refractivity contribution is 6.37. The van der Waals surface area contributed by atoms with Gasteiger partial charge in [-0.25, -0.2) is 4.79 Å². The fourth-order valence-electron chi connectivity index (χ4n) is 3.53. The molecule has 0 atom stereocenters. The maximum Gasteiger partial charge on any atom is 0.394 e. The lowest BCUT2D eigenvalue weighted by Crippen LogP contribution is -2.22. The predicted octanol–water partition coefficient (Wildman–Crippen LogP) is 4.43. The van der Waals surface area contributed by atoms with Crippen LogP contribution in [0.3, 0.4) is 0 Å². The van der Waals surface area contributed by atoms with E-state index in [4.69, 9.17) is 21.4 Å². The number of fused-ring (bicyclic) bond motifs is 2. The third kappa shape index (κ3) is 3.13. The number of aromatic nitrogens is 1. The topological polar surface area (TPSA) is 91.4 Å². The molecule has 138 valence electrons. The minimum atomic E-state index is -1.53. The molecule has 0 saturated carbocycles. The lowest BCUT2D eigenvalue weighted by Gasteiger charge is -2.16. The molecule has 1 amide bonds. The number of aryl methyl sites for hydroxylation is 1. The van der Waals surface area contributed by atoms with E-state index in [1.807, 2.05) is 31.3 Å². The van der Waals surface area contributed by atoms with Crippen molar-refractivity contribution in [3.63, 3.8) is 0 Å². The van der Waals surface area contributed by atoms with E-state index in [1.54, 1.807) is 6.07 Å². The van der Waals surface area contributed by atoms with Crippen LogP contribution in [0.15, 0.2) is 30.5 Å². The molecular weight excluding hydrogens is 368 g/mol. The minimum Gasteiger partial charge on any atom is -0.474 e. The fourth-order valence-corrected chi connectivity index (χ4v) is 3.80. The summed E-state index contributed by atoms with van der Waals surface area (Å²) in [5, 5.41) is 12.7. The van der Waals surface area contributed by atoms with Gasteiger partial charge in [-0.1, -0.05) is 11.6 Å². The van der Waals surface area contributed by atoms with E-state index in [0.29, 0.717) is 22.2 Å². The van der Waals surface area contributed by atoms with E-state index in [2.05, 4.69) is 10.3 Å². The van der Waals surface area contributed by atoms with Crippen molar-refractivity contribution in [1.29, 1.82) is 0 Å². The number of aromatic amines is 1. The molecule has 0 unspecified atom stereocenters. The highest BCUT2D eigenvalue weighted by Crippen LogP contribution is 2.43. The zero-order valence-corrected chi connectivity index (χ0v) is 15.3. The Morgan fingerprint density at radius 2 is 2.00 bits per heavy atom. The SMILES string of the molecule is Cc1c[nH]c2ccc(Oc3c(Cl)cc(NC(=O)C(=O)O)c4c3CCC4)cc12. The Morgan fingerprint density at radius 1 is 1.22 bits per heavy atom. The van der Waals surface area contributed by atoms with Gasteiger partial charge in [0.1, 0.15) is 11.5 Å². The first-order valence-electron chi connectivity index (χ1n) is 8.58. The normalized spacial score (nSPS) is 12.8. The lowest BCUT2D eigenvalue weighted by molar-refractivity contribution is -0.147. The number of hydrogen-bond acceptors (Lipinski definition) is 3. The third-order valence-corrected chi connectivity index (χ3v) is 5.11. The second-order valence-electron chi connectivity index (χ2n) is 6.59. The Balaban J connectivity index is 1.72. The maximum absolute atomic E-state index is 11.5. The van der Waals surface area contributed by atoms with E-state index in [9.17, 15) is 9.59 Å². The predicted molar refractivity (Wildman–Crippen MR) is 103 cm³/mol. The minimum absolute atomic E-state index is 0.335. The van der Waals surface area contributed by atoms with E-state index >= 15 is 0 Å². The van der Waals surface area contributed by atoms with Crippen LogP contribution in [0.2, 0.25) is 5.02 Å². The molecule has 0 saturated heterocycles. The van der Waals surface area contributed by atoms with Gasteiger partial charge in [-0.3, -0.25) is 4.79 Å². The number of carbonyl (C=O) groups excluding carboxylic acids is 1. The molecule has 1 heterocycles. The average Bonchev–Trinajstić information content (AvgIpc) is 3.26. The lowest BCUT2D eigenvalue weighted by atomic mass is 10.1. The Labute approximate surface area is 160 Å². The molecule has 4 rings (SSSR count). The molecule has 3 N–H and O–H groups in total. The van der Waals surface area contributed by atoms with Crippen LogP contribution in [-0.2, 0) is 22.4 Å². The van der Waals surface area contributed by atoms with Gasteiger partial charge < -0.3 is 20.1 Å². The highest BCUT2D eigenvalue weighted by atomic mass is 35.5. The van der Waals surface area contributed by atoms with Gasteiger partial charge in [0.05, 0.1) is 5.02 Å². The van der Waals surface area contributed by atoms with E-state index in [0.717, 1.165) is 46.9 Å². The van der Waals surface area contributed by atoms with Gasteiger partial charge in [0, 0.05) is 28.4 Å². The van der Waals surface area contributed by atoms with Crippen LogP contribution < -0.4 is 10.1 Å². The van der Waals surface area contributed by atoms with Gasteiger partial charge in [-0.2, -0.15) is 0 Å². The molecular formula is C20H17ClN2O4. The Hall–Kier alpha value is -2.99. The molecule has 7 heteroatoms. The first-order valence-corrected chi connectivity index (χ1v) is 8.96. The summed E-state index contributed by atoms with van der Waals surface area (Å²) in [7, 11) is 0. The number of carbonyl (C=O) groups is 2. The number of carboxylic acids is 1. The number of halogens is 1. The van der Waals surface area contributed by atoms with Crippen molar-refractivity contribution in [3.05, 3.63) is 52.2 Å². The molecule has 3 aromatic rings. The summed E-state index contributed by atoms with van der Waals surface area (Å²) < 4.78 is 6.12. The zero-order chi connectivity index (χ0) is 19.1. The van der Waals surface area contributed by atoms with Crippen LogP contribution in [0.5, 0.6) is 11.5 Å². The van der Waals surface area contributed by atoms with Crippen LogP contribution >= 0.6 is 11.6 Å². The molecule has 0 fully saturated rings. The van der Waals surface area contributed by atoms with Crippen molar-refractivity contribution >= 4 is 40.1 Å². The Bertz CT molecular complexity index is 1090. The summed E-state index contributed by atoms with van der Waals surface area (Å²) in [4.78, 5) is 25.6. The third-order valence-electron chi connectivity index (χ3n) is 4.83. The van der Waals surface area contributed by atoms with Crippen molar-refractivity contribution in [2.24, 2.45) is 0 Å². The van der Waals surface area contributed by atoms with E-state index in [1.165, 1.54) is 0 Å². The van der Waals surface area contributed by atoms with Gasteiger partial charge in [0.25, 0.3) is 0 Å². The summed E-state index contributed by atoms with van der Waals surface area (Å²) in [6, 6.07) is 7.34. The van der Waals surface area contributed by atoms with Gasteiger partial charge in [-0.05, 0) is 61.6 Å². The van der Waals surface area contributed by atoms with E-state index in [-0.39, 0.29) is 0 Å². The second kappa shape index (κ2) is 6.63. The summed E-state index contributed by atoms with van der Waals surface area (Å²) in [6.07, 6.45) is 4.32. The van der Waals surface area contributed by atoms with Crippen LogP contribution in [0, 0.1) is 6.92 Å². The summed E-state index contributed by atoms with van der Waals surface area (Å²) >= 11 is 6.42. The monoisotopic (exact) mass is 384 g/mol. The van der Waals surface area contributed by atoms with Crippen LogP contribution in [0.4, 0.5) is 5.69 Å². The molecule has 1 aromatic heterocycles. The van der Waals surface area contributed by atoms with Crippen molar-refractivity contribution < 1.29 is 19.4 Å². The van der Waals surface area contributed by atoms with Gasteiger partial charge in [0.15, 0.2) is 0 Å². The van der Waals surface area contributed by atoms with Crippen LogP contribution in [0.1, 0.15) is 23.1 Å². The number of aliphatic carboxylic acids is 1. The Kier molecular flexibility index (Phi) is 4.28. The van der Waals surface area contributed by atoms with Crippen LogP contribution in [-0.4, -0.2) is 22.0 Å². The number of rotatable bonds is 3. The average molecular weight is 385 g/mol. The van der Waals surface area contributed by atoms with Gasteiger partial charge in [0.2, 0.25) is 0 Å². The van der Waals surface area contributed by atoms with Crippen molar-refractivity contribution in [1.82, 2.24) is 4.98 Å². The summed E-state index contributed by atoms with van der Waals surface area (Å²) in [5.41, 5.74) is 4.38. The maximum atomic E-state index is 11.5. The second-order valence-corrected chi connectivity index (χ2v) is 6.99. The Morgan fingerprint density at radius 3 is 2.78 bits per heavy atom. The quantitative estimate of drug-likeness (QED) is 0.582. The largest absolute Gasteiger partial charge is 0.474 e. The number of benzene rings is 2. The number of amides is 1. The number of nitrogens with one attached hydrogen (secondary N) is 2. The molecule has 0 aliphatic heterocycles.